The van der Waals surface area contributed by atoms with Gasteiger partial charge in [-0.05, 0) is 24.3 Å². The predicted octanol–water partition coefficient (Wildman–Crippen LogP) is 2.84. The summed E-state index contributed by atoms with van der Waals surface area (Å²) < 4.78 is 0. The smallest absolute Gasteiger partial charge is 0.336 e. The number of benzene rings is 1. The van der Waals surface area contributed by atoms with Crippen molar-refractivity contribution in [3.05, 3.63) is 60.3 Å². The fourth-order valence-electron chi connectivity index (χ4n) is 2.01. The van der Waals surface area contributed by atoms with Crippen LogP contribution < -0.4 is 0 Å². The molecule has 0 spiro atoms. The molecule has 0 bridgehead atoms. The molecule has 0 aliphatic heterocycles. The lowest BCUT2D eigenvalue weighted by atomic mass is 10.0. The molecule has 0 saturated carbocycles. The zero-order valence-electron chi connectivity index (χ0n) is 10.4. The van der Waals surface area contributed by atoms with Gasteiger partial charge in [0.25, 0.3) is 0 Å². The second-order valence-electron chi connectivity index (χ2n) is 4.23. The second-order valence-corrected chi connectivity index (χ2v) is 4.23. The molecule has 0 atom stereocenters. The van der Waals surface area contributed by atoms with Crippen molar-refractivity contribution in [2.45, 2.75) is 0 Å². The Morgan fingerprint density at radius 1 is 1.05 bits per heavy atom. The van der Waals surface area contributed by atoms with E-state index in [2.05, 4.69) is 15.2 Å². The van der Waals surface area contributed by atoms with Crippen molar-refractivity contribution in [2.24, 2.45) is 0 Å². The Bertz CT molecular complexity index is 751. The lowest BCUT2D eigenvalue weighted by molar-refractivity contribution is 0.0697. The summed E-state index contributed by atoms with van der Waals surface area (Å²) >= 11 is 0. The van der Waals surface area contributed by atoms with Gasteiger partial charge in [0.05, 0.1) is 22.6 Å². The van der Waals surface area contributed by atoms with E-state index in [1.54, 1.807) is 36.5 Å². The summed E-state index contributed by atoms with van der Waals surface area (Å²) in [5.41, 5.74) is 2.91. The number of aromatic amines is 1. The quantitative estimate of drug-likeness (QED) is 0.763. The first kappa shape index (κ1) is 12.1. The van der Waals surface area contributed by atoms with Crippen molar-refractivity contribution in [1.29, 1.82) is 0 Å². The van der Waals surface area contributed by atoms with E-state index in [9.17, 15) is 9.90 Å². The molecule has 1 aromatic carbocycles. The number of nitrogens with zero attached hydrogens (tertiary/aromatic N) is 2. The van der Waals surface area contributed by atoms with Crippen LogP contribution in [0, 0.1) is 0 Å². The molecule has 0 saturated heterocycles. The van der Waals surface area contributed by atoms with E-state index in [1.807, 2.05) is 18.2 Å². The average molecular weight is 265 g/mol. The summed E-state index contributed by atoms with van der Waals surface area (Å²) in [7, 11) is 0. The van der Waals surface area contributed by atoms with Gasteiger partial charge in [0.1, 0.15) is 0 Å². The number of carboxylic acid groups (broad SMARTS) is 1. The summed E-state index contributed by atoms with van der Waals surface area (Å²) in [6.45, 7) is 0. The third-order valence-electron chi connectivity index (χ3n) is 2.95. The molecule has 0 aliphatic carbocycles. The zero-order valence-corrected chi connectivity index (χ0v) is 10.4. The van der Waals surface area contributed by atoms with Crippen molar-refractivity contribution >= 4 is 5.97 Å². The molecule has 2 heterocycles. The molecule has 98 valence electrons. The van der Waals surface area contributed by atoms with Gasteiger partial charge in [0.2, 0.25) is 0 Å². The fourth-order valence-corrected chi connectivity index (χ4v) is 2.01. The molecule has 2 aromatic heterocycles. The molecular formula is C15H11N3O2. The second kappa shape index (κ2) is 4.97. The van der Waals surface area contributed by atoms with Gasteiger partial charge < -0.3 is 5.11 Å². The van der Waals surface area contributed by atoms with Crippen LogP contribution in [0.4, 0.5) is 0 Å². The standard InChI is InChI=1S/C15H11N3O2/c19-15(20)11-6-2-1-5-10(11)13-9-14(18-17-13)12-7-3-4-8-16-12/h1-9H,(H,17,18)(H,19,20). The Kier molecular flexibility index (Phi) is 3.01. The first-order chi connectivity index (χ1) is 9.75. The normalized spacial score (nSPS) is 10.4. The van der Waals surface area contributed by atoms with E-state index >= 15 is 0 Å². The summed E-state index contributed by atoms with van der Waals surface area (Å²) in [6, 6.07) is 14.2. The molecule has 5 heteroatoms. The molecule has 3 aromatic rings. The summed E-state index contributed by atoms with van der Waals surface area (Å²) in [6.07, 6.45) is 1.70. The minimum Gasteiger partial charge on any atom is -0.478 e. The van der Waals surface area contributed by atoms with E-state index < -0.39 is 5.97 Å². The summed E-state index contributed by atoms with van der Waals surface area (Å²) in [5.74, 6) is -0.969. The minimum absolute atomic E-state index is 0.228. The first-order valence-electron chi connectivity index (χ1n) is 6.05. The maximum absolute atomic E-state index is 11.2. The number of pyridine rings is 1. The lowest BCUT2D eigenvalue weighted by Crippen LogP contribution is -1.98. The maximum Gasteiger partial charge on any atom is 0.336 e. The van der Waals surface area contributed by atoms with Gasteiger partial charge in [-0.25, -0.2) is 4.79 Å². The van der Waals surface area contributed by atoms with Crippen molar-refractivity contribution in [1.82, 2.24) is 15.2 Å². The van der Waals surface area contributed by atoms with Crippen LogP contribution in [0.2, 0.25) is 0 Å². The molecule has 20 heavy (non-hydrogen) atoms. The zero-order chi connectivity index (χ0) is 13.9. The monoisotopic (exact) mass is 265 g/mol. The van der Waals surface area contributed by atoms with Crippen LogP contribution in [0.25, 0.3) is 22.6 Å². The third-order valence-corrected chi connectivity index (χ3v) is 2.95. The highest BCUT2D eigenvalue weighted by atomic mass is 16.4. The molecule has 5 nitrogen and oxygen atoms in total. The number of hydrogen-bond acceptors (Lipinski definition) is 3. The van der Waals surface area contributed by atoms with Crippen molar-refractivity contribution < 1.29 is 9.90 Å². The number of H-pyrrole nitrogens is 1. The van der Waals surface area contributed by atoms with Crippen LogP contribution in [0.3, 0.4) is 0 Å². The highest BCUT2D eigenvalue weighted by Crippen LogP contribution is 2.25. The molecular weight excluding hydrogens is 254 g/mol. The number of carbonyl (C=O) groups is 1. The van der Waals surface area contributed by atoms with Gasteiger partial charge in [-0.15, -0.1) is 0 Å². The number of rotatable bonds is 3. The molecule has 0 unspecified atom stereocenters. The summed E-state index contributed by atoms with van der Waals surface area (Å²) in [5, 5.41) is 16.3. The average Bonchev–Trinajstić information content (AvgIpc) is 2.98. The Balaban J connectivity index is 2.05. The fraction of sp³-hybridized carbons (Fsp3) is 0. The Morgan fingerprint density at radius 2 is 1.85 bits per heavy atom. The number of aromatic carboxylic acids is 1. The van der Waals surface area contributed by atoms with Crippen molar-refractivity contribution in [3.8, 4) is 22.6 Å². The van der Waals surface area contributed by atoms with E-state index in [0.29, 0.717) is 11.3 Å². The van der Waals surface area contributed by atoms with Crippen LogP contribution >= 0.6 is 0 Å². The van der Waals surface area contributed by atoms with Crippen molar-refractivity contribution in [2.75, 3.05) is 0 Å². The van der Waals surface area contributed by atoms with Gasteiger partial charge in [-0.3, -0.25) is 10.1 Å². The predicted molar refractivity (Wildman–Crippen MR) is 74.2 cm³/mol. The summed E-state index contributed by atoms with van der Waals surface area (Å²) in [4.78, 5) is 15.4. The number of hydrogen-bond donors (Lipinski definition) is 2. The van der Waals surface area contributed by atoms with Crippen LogP contribution in [0.5, 0.6) is 0 Å². The van der Waals surface area contributed by atoms with Crippen LogP contribution in [0.15, 0.2) is 54.7 Å². The Hall–Kier alpha value is -2.95. The minimum atomic E-state index is -0.969. The van der Waals surface area contributed by atoms with Crippen LogP contribution in [-0.4, -0.2) is 26.3 Å². The lowest BCUT2D eigenvalue weighted by Gasteiger charge is -2.01. The molecule has 0 radical (unpaired) electrons. The highest BCUT2D eigenvalue weighted by molar-refractivity contribution is 5.95. The van der Waals surface area contributed by atoms with Crippen LogP contribution in [-0.2, 0) is 0 Å². The van der Waals surface area contributed by atoms with E-state index in [1.165, 1.54) is 0 Å². The Morgan fingerprint density at radius 3 is 2.60 bits per heavy atom. The van der Waals surface area contributed by atoms with Gasteiger partial charge in [-0.2, -0.15) is 5.10 Å². The topological polar surface area (TPSA) is 78.9 Å². The molecule has 0 fully saturated rings. The van der Waals surface area contributed by atoms with Gasteiger partial charge in [0.15, 0.2) is 0 Å². The van der Waals surface area contributed by atoms with E-state index in [-0.39, 0.29) is 5.56 Å². The van der Waals surface area contributed by atoms with Crippen molar-refractivity contribution in [3.63, 3.8) is 0 Å². The van der Waals surface area contributed by atoms with Gasteiger partial charge in [-0.1, -0.05) is 24.3 Å². The largest absolute Gasteiger partial charge is 0.478 e. The molecule has 3 rings (SSSR count). The highest BCUT2D eigenvalue weighted by Gasteiger charge is 2.14. The first-order valence-corrected chi connectivity index (χ1v) is 6.05. The van der Waals surface area contributed by atoms with Crippen LogP contribution in [0.1, 0.15) is 10.4 Å². The number of nitrogens with one attached hydrogen (secondary N) is 1. The van der Waals surface area contributed by atoms with E-state index in [4.69, 9.17) is 0 Å². The number of carboxylic acids is 1. The van der Waals surface area contributed by atoms with E-state index in [0.717, 1.165) is 11.4 Å². The Labute approximate surface area is 114 Å². The number of aromatic nitrogens is 3. The van der Waals surface area contributed by atoms with Gasteiger partial charge >= 0.3 is 5.97 Å². The molecule has 2 N–H and O–H groups in total. The molecule has 0 amide bonds. The SMILES string of the molecule is O=C(O)c1ccccc1-c1cc(-c2ccccn2)[nH]n1. The molecule has 0 aliphatic rings. The third kappa shape index (κ3) is 2.16. The van der Waals surface area contributed by atoms with Gasteiger partial charge in [0, 0.05) is 11.8 Å². The maximum atomic E-state index is 11.2.